The van der Waals surface area contributed by atoms with E-state index in [1.807, 2.05) is 0 Å². The summed E-state index contributed by atoms with van der Waals surface area (Å²) in [5.41, 5.74) is -0.0184. The fourth-order valence-corrected chi connectivity index (χ4v) is 1.82. The molecule has 1 aromatic carbocycles. The number of carboxylic acid groups (broad SMARTS) is 1. The summed E-state index contributed by atoms with van der Waals surface area (Å²) in [7, 11) is 0. The zero-order chi connectivity index (χ0) is 15.1. The number of carbonyl (C=O) groups excluding carboxylic acids is 1. The van der Waals surface area contributed by atoms with E-state index in [-0.39, 0.29) is 12.8 Å². The van der Waals surface area contributed by atoms with Gasteiger partial charge >= 0.3 is 12.1 Å². The maximum atomic E-state index is 11.6. The van der Waals surface area contributed by atoms with Gasteiger partial charge in [-0.3, -0.25) is 4.79 Å². The molecule has 0 saturated carbocycles. The third-order valence-corrected chi connectivity index (χ3v) is 2.82. The number of alkyl carbamates (subject to hydrolysis) is 1. The summed E-state index contributed by atoms with van der Waals surface area (Å²) in [5.74, 6) is -0.940. The summed E-state index contributed by atoms with van der Waals surface area (Å²) >= 11 is 11.4. The molecule has 2 unspecified atom stereocenters. The molecule has 0 aliphatic heterocycles. The van der Waals surface area contributed by atoms with E-state index in [2.05, 4.69) is 5.32 Å². The van der Waals surface area contributed by atoms with Gasteiger partial charge in [-0.25, -0.2) is 4.79 Å². The summed E-state index contributed by atoms with van der Waals surface area (Å²) in [6, 6.07) is 6.30. The van der Waals surface area contributed by atoms with Crippen molar-refractivity contribution >= 4 is 35.3 Å². The molecule has 0 radical (unpaired) electrons. The fourth-order valence-electron chi connectivity index (χ4n) is 1.61. The van der Waals surface area contributed by atoms with E-state index in [0.717, 1.165) is 5.56 Å². The van der Waals surface area contributed by atoms with Gasteiger partial charge in [0, 0.05) is 11.4 Å². The van der Waals surface area contributed by atoms with Gasteiger partial charge in [-0.1, -0.05) is 35.3 Å². The Labute approximate surface area is 126 Å². The number of carboxylic acids is 1. The van der Waals surface area contributed by atoms with Gasteiger partial charge in [-0.15, -0.1) is 0 Å². The molecular formula is C13H15Cl2NO4. The van der Waals surface area contributed by atoms with Crippen LogP contribution in [0.4, 0.5) is 4.79 Å². The molecular weight excluding hydrogens is 305 g/mol. The number of hydrogen-bond donors (Lipinski definition) is 2. The lowest BCUT2D eigenvalue weighted by Gasteiger charge is -2.19. The third-order valence-electron chi connectivity index (χ3n) is 2.48. The lowest BCUT2D eigenvalue weighted by atomic mass is 10.0. The van der Waals surface area contributed by atoms with Crippen molar-refractivity contribution < 1.29 is 19.4 Å². The van der Waals surface area contributed by atoms with Gasteiger partial charge in [0.05, 0.1) is 6.04 Å². The Kier molecular flexibility index (Phi) is 6.61. The molecule has 7 heteroatoms. The molecule has 2 atom stereocenters. The normalized spacial score (nSPS) is 13.3. The van der Waals surface area contributed by atoms with Crippen molar-refractivity contribution in [2.75, 3.05) is 0 Å². The second-order valence-electron chi connectivity index (χ2n) is 4.13. The smallest absolute Gasteiger partial charge is 0.409 e. The second kappa shape index (κ2) is 7.97. The predicted octanol–water partition coefficient (Wildman–Crippen LogP) is 3.56. The number of carbonyl (C=O) groups is 2. The average molecular weight is 320 g/mol. The minimum absolute atomic E-state index is 0.0794. The van der Waals surface area contributed by atoms with E-state index in [1.54, 1.807) is 24.3 Å². The highest BCUT2D eigenvalue weighted by molar-refractivity contribution is 6.30. The number of halogens is 2. The molecule has 1 aromatic rings. The lowest BCUT2D eigenvalue weighted by molar-refractivity contribution is -0.137. The highest BCUT2D eigenvalue weighted by Gasteiger charge is 2.17. The van der Waals surface area contributed by atoms with Crippen LogP contribution < -0.4 is 5.32 Å². The van der Waals surface area contributed by atoms with Gasteiger partial charge < -0.3 is 15.2 Å². The maximum absolute atomic E-state index is 11.6. The Morgan fingerprint density at radius 2 is 1.95 bits per heavy atom. The number of nitrogens with one attached hydrogen (secondary N) is 1. The standard InChI is InChI=1S/C13H15Cl2NO4/c1-8(14)20-13(19)16-11(6-7-12(17)18)9-2-4-10(15)5-3-9/h2-5,8,11H,6-7H2,1H3,(H,16,19)(H,17,18). The van der Waals surface area contributed by atoms with Crippen molar-refractivity contribution in [2.45, 2.75) is 31.4 Å². The first-order chi connectivity index (χ1) is 9.38. The SMILES string of the molecule is CC(Cl)OC(=O)NC(CCC(=O)O)c1ccc(Cl)cc1. The van der Waals surface area contributed by atoms with E-state index in [4.69, 9.17) is 33.0 Å². The topological polar surface area (TPSA) is 75.6 Å². The van der Waals surface area contributed by atoms with Gasteiger partial charge in [0.1, 0.15) is 0 Å². The average Bonchev–Trinajstić information content (AvgIpc) is 2.34. The van der Waals surface area contributed by atoms with Crippen LogP contribution in [0.25, 0.3) is 0 Å². The van der Waals surface area contributed by atoms with E-state index in [1.165, 1.54) is 6.92 Å². The van der Waals surface area contributed by atoms with Gasteiger partial charge in [0.25, 0.3) is 0 Å². The highest BCUT2D eigenvalue weighted by atomic mass is 35.5. The molecule has 0 bridgehead atoms. The van der Waals surface area contributed by atoms with Gasteiger partial charge in [0.2, 0.25) is 0 Å². The van der Waals surface area contributed by atoms with Crippen LogP contribution in [0.2, 0.25) is 5.02 Å². The Hall–Kier alpha value is -1.46. The van der Waals surface area contributed by atoms with Crippen LogP contribution in [0.3, 0.4) is 0 Å². The Morgan fingerprint density at radius 1 is 1.35 bits per heavy atom. The summed E-state index contributed by atoms with van der Waals surface area (Å²) in [4.78, 5) is 22.2. The Balaban J connectivity index is 2.76. The summed E-state index contributed by atoms with van der Waals surface area (Å²) in [5, 5.41) is 11.9. The first kappa shape index (κ1) is 16.6. The number of amides is 1. The molecule has 110 valence electrons. The molecule has 0 heterocycles. The zero-order valence-electron chi connectivity index (χ0n) is 10.8. The second-order valence-corrected chi connectivity index (χ2v) is 5.18. The van der Waals surface area contributed by atoms with Crippen LogP contribution in [0.15, 0.2) is 24.3 Å². The zero-order valence-corrected chi connectivity index (χ0v) is 12.3. The van der Waals surface area contributed by atoms with Crippen molar-refractivity contribution in [3.63, 3.8) is 0 Å². The monoisotopic (exact) mass is 319 g/mol. The molecule has 0 aromatic heterocycles. The summed E-state index contributed by atoms with van der Waals surface area (Å²) in [6.07, 6.45) is -0.537. The van der Waals surface area contributed by atoms with Crippen molar-refractivity contribution in [1.29, 1.82) is 0 Å². The van der Waals surface area contributed by atoms with E-state index in [0.29, 0.717) is 5.02 Å². The molecule has 20 heavy (non-hydrogen) atoms. The van der Waals surface area contributed by atoms with Crippen LogP contribution in [0, 0.1) is 0 Å². The molecule has 0 aliphatic rings. The third kappa shape index (κ3) is 6.12. The minimum Gasteiger partial charge on any atom is -0.481 e. The van der Waals surface area contributed by atoms with Crippen LogP contribution in [0.1, 0.15) is 31.4 Å². The number of hydrogen-bond acceptors (Lipinski definition) is 3. The quantitative estimate of drug-likeness (QED) is 0.786. The van der Waals surface area contributed by atoms with Crippen LogP contribution in [-0.4, -0.2) is 22.7 Å². The first-order valence-electron chi connectivity index (χ1n) is 5.97. The van der Waals surface area contributed by atoms with E-state index >= 15 is 0 Å². The number of benzene rings is 1. The summed E-state index contributed by atoms with van der Waals surface area (Å²) < 4.78 is 4.77. The first-order valence-corrected chi connectivity index (χ1v) is 6.78. The minimum atomic E-state index is -0.940. The van der Waals surface area contributed by atoms with Crippen molar-refractivity contribution in [2.24, 2.45) is 0 Å². The van der Waals surface area contributed by atoms with Crippen molar-refractivity contribution in [1.82, 2.24) is 5.32 Å². The maximum Gasteiger partial charge on any atom is 0.409 e. The van der Waals surface area contributed by atoms with Crippen molar-refractivity contribution in [3.05, 3.63) is 34.9 Å². The molecule has 0 fully saturated rings. The molecule has 1 rings (SSSR count). The Bertz CT molecular complexity index is 462. The Morgan fingerprint density at radius 3 is 2.45 bits per heavy atom. The number of alkyl halides is 1. The van der Waals surface area contributed by atoms with Gasteiger partial charge in [-0.2, -0.15) is 0 Å². The van der Waals surface area contributed by atoms with Crippen LogP contribution in [-0.2, 0) is 9.53 Å². The van der Waals surface area contributed by atoms with Crippen molar-refractivity contribution in [3.8, 4) is 0 Å². The summed E-state index contributed by atoms with van der Waals surface area (Å²) in [6.45, 7) is 1.51. The largest absolute Gasteiger partial charge is 0.481 e. The van der Waals surface area contributed by atoms with Crippen LogP contribution >= 0.6 is 23.2 Å². The van der Waals surface area contributed by atoms with Crippen LogP contribution in [0.5, 0.6) is 0 Å². The molecule has 0 aliphatic carbocycles. The fraction of sp³-hybridized carbons (Fsp3) is 0.385. The lowest BCUT2D eigenvalue weighted by Crippen LogP contribution is -2.30. The number of ether oxygens (including phenoxy) is 1. The molecule has 0 spiro atoms. The number of rotatable bonds is 6. The molecule has 1 amide bonds. The number of aliphatic carboxylic acids is 1. The predicted molar refractivity (Wildman–Crippen MR) is 76.0 cm³/mol. The highest BCUT2D eigenvalue weighted by Crippen LogP contribution is 2.21. The van der Waals surface area contributed by atoms with Gasteiger partial charge in [-0.05, 0) is 31.0 Å². The van der Waals surface area contributed by atoms with Gasteiger partial charge in [0.15, 0.2) is 5.56 Å². The van der Waals surface area contributed by atoms with E-state index < -0.39 is 23.7 Å². The molecule has 5 nitrogen and oxygen atoms in total. The molecule has 0 saturated heterocycles. The molecule has 2 N–H and O–H groups in total. The van der Waals surface area contributed by atoms with E-state index in [9.17, 15) is 9.59 Å².